The van der Waals surface area contributed by atoms with Crippen molar-refractivity contribution in [3.8, 4) is 5.75 Å². The normalized spacial score (nSPS) is 14.3. The van der Waals surface area contributed by atoms with Gasteiger partial charge in [0.15, 0.2) is 0 Å². The molecule has 1 N–H and O–H groups in total. The Labute approximate surface area is 181 Å². The zero-order valence-corrected chi connectivity index (χ0v) is 18.2. The standard InChI is InChI=1S/C21H25N3O6S/c1-15-7-10-17(24(26)27)13-20(15)23(31(2,28)29)14-21(25)22-16-8-11-19(12-9-16)30-18-5-3-4-6-18/h7-13,18H,3-6,14H2,1-2H3,(H,22,25). The second-order valence-electron chi connectivity index (χ2n) is 7.59. The lowest BCUT2D eigenvalue weighted by molar-refractivity contribution is -0.384. The Morgan fingerprint density at radius 2 is 1.84 bits per heavy atom. The minimum Gasteiger partial charge on any atom is -0.490 e. The zero-order valence-electron chi connectivity index (χ0n) is 17.4. The van der Waals surface area contributed by atoms with E-state index in [-0.39, 0.29) is 17.5 Å². The Bertz CT molecular complexity index is 1060. The highest BCUT2D eigenvalue weighted by Crippen LogP contribution is 2.28. The van der Waals surface area contributed by atoms with Crippen LogP contribution in [-0.2, 0) is 14.8 Å². The van der Waals surface area contributed by atoms with Crippen molar-refractivity contribution in [2.75, 3.05) is 22.4 Å². The van der Waals surface area contributed by atoms with Crippen molar-refractivity contribution >= 4 is 33.0 Å². The number of rotatable bonds is 8. The maximum atomic E-state index is 12.6. The molecule has 0 bridgehead atoms. The highest BCUT2D eigenvalue weighted by Gasteiger charge is 2.24. The van der Waals surface area contributed by atoms with E-state index in [1.807, 2.05) is 0 Å². The Hall–Kier alpha value is -3.14. The molecule has 10 heteroatoms. The van der Waals surface area contributed by atoms with Crippen LogP contribution < -0.4 is 14.4 Å². The van der Waals surface area contributed by atoms with Crippen LogP contribution in [0.5, 0.6) is 5.75 Å². The van der Waals surface area contributed by atoms with Gasteiger partial charge in [-0.3, -0.25) is 19.2 Å². The maximum Gasteiger partial charge on any atom is 0.271 e. The molecule has 0 saturated heterocycles. The largest absolute Gasteiger partial charge is 0.490 e. The van der Waals surface area contributed by atoms with Gasteiger partial charge in [0.1, 0.15) is 12.3 Å². The van der Waals surface area contributed by atoms with Crippen molar-refractivity contribution in [2.45, 2.75) is 38.7 Å². The van der Waals surface area contributed by atoms with Crippen LogP contribution >= 0.6 is 0 Å². The topological polar surface area (TPSA) is 119 Å². The number of nitrogens with one attached hydrogen (secondary N) is 1. The predicted molar refractivity (Wildman–Crippen MR) is 118 cm³/mol. The number of nitro benzene ring substituents is 1. The Morgan fingerprint density at radius 1 is 1.19 bits per heavy atom. The fraction of sp³-hybridized carbons (Fsp3) is 0.381. The van der Waals surface area contributed by atoms with E-state index in [4.69, 9.17) is 4.74 Å². The number of carbonyl (C=O) groups excluding carboxylic acids is 1. The summed E-state index contributed by atoms with van der Waals surface area (Å²) in [6, 6.07) is 10.8. The molecule has 0 heterocycles. The van der Waals surface area contributed by atoms with Gasteiger partial charge in [-0.2, -0.15) is 0 Å². The monoisotopic (exact) mass is 447 g/mol. The van der Waals surface area contributed by atoms with Crippen LogP contribution in [-0.4, -0.2) is 38.2 Å². The summed E-state index contributed by atoms with van der Waals surface area (Å²) in [6.45, 7) is 1.11. The molecular weight excluding hydrogens is 422 g/mol. The highest BCUT2D eigenvalue weighted by atomic mass is 32.2. The van der Waals surface area contributed by atoms with Crippen molar-refractivity contribution < 1.29 is 22.9 Å². The molecule has 1 aliphatic rings. The molecule has 2 aromatic rings. The lowest BCUT2D eigenvalue weighted by Gasteiger charge is -2.23. The molecule has 0 aromatic heterocycles. The number of non-ortho nitro benzene ring substituents is 1. The Balaban J connectivity index is 1.72. The summed E-state index contributed by atoms with van der Waals surface area (Å²) >= 11 is 0. The van der Waals surface area contributed by atoms with E-state index in [1.165, 1.54) is 25.0 Å². The number of ether oxygens (including phenoxy) is 1. The maximum absolute atomic E-state index is 12.6. The number of nitrogens with zero attached hydrogens (tertiary/aromatic N) is 2. The molecule has 1 fully saturated rings. The van der Waals surface area contributed by atoms with Crippen molar-refractivity contribution in [1.29, 1.82) is 0 Å². The average Bonchev–Trinajstić information content (AvgIpc) is 3.20. The van der Waals surface area contributed by atoms with Crippen LogP contribution in [0, 0.1) is 17.0 Å². The van der Waals surface area contributed by atoms with E-state index < -0.39 is 27.4 Å². The number of aryl methyl sites for hydroxylation is 1. The first-order valence-corrected chi connectivity index (χ1v) is 11.8. The molecule has 1 saturated carbocycles. The van der Waals surface area contributed by atoms with Gasteiger partial charge < -0.3 is 10.1 Å². The molecule has 3 rings (SSSR count). The van der Waals surface area contributed by atoms with Gasteiger partial charge in [0.25, 0.3) is 5.69 Å². The van der Waals surface area contributed by atoms with E-state index in [1.54, 1.807) is 31.2 Å². The van der Waals surface area contributed by atoms with E-state index in [9.17, 15) is 23.3 Å². The van der Waals surface area contributed by atoms with Gasteiger partial charge in [-0.15, -0.1) is 0 Å². The average molecular weight is 448 g/mol. The number of sulfonamides is 1. The number of nitro groups is 1. The molecule has 0 radical (unpaired) electrons. The zero-order chi connectivity index (χ0) is 22.6. The summed E-state index contributed by atoms with van der Waals surface area (Å²) in [4.78, 5) is 23.0. The number of anilines is 2. The van der Waals surface area contributed by atoms with Crippen molar-refractivity contribution in [3.05, 3.63) is 58.1 Å². The first-order chi connectivity index (χ1) is 14.6. The molecule has 9 nitrogen and oxygen atoms in total. The number of carbonyl (C=O) groups is 1. The summed E-state index contributed by atoms with van der Waals surface area (Å²) in [5.74, 6) is 0.149. The molecular formula is C21H25N3O6S. The van der Waals surface area contributed by atoms with Crippen LogP contribution in [0.1, 0.15) is 31.2 Å². The molecule has 0 spiro atoms. The van der Waals surface area contributed by atoms with E-state index in [2.05, 4.69) is 5.32 Å². The Kier molecular flexibility index (Phi) is 6.79. The highest BCUT2D eigenvalue weighted by molar-refractivity contribution is 7.92. The van der Waals surface area contributed by atoms with E-state index >= 15 is 0 Å². The van der Waals surface area contributed by atoms with Gasteiger partial charge in [0, 0.05) is 17.8 Å². The fourth-order valence-corrected chi connectivity index (χ4v) is 4.41. The van der Waals surface area contributed by atoms with Gasteiger partial charge >= 0.3 is 0 Å². The minimum atomic E-state index is -3.86. The van der Waals surface area contributed by atoms with Crippen LogP contribution in [0.4, 0.5) is 17.1 Å². The number of hydrogen-bond acceptors (Lipinski definition) is 6. The first kappa shape index (κ1) is 22.5. The fourth-order valence-electron chi connectivity index (χ4n) is 3.51. The number of hydrogen-bond donors (Lipinski definition) is 1. The van der Waals surface area contributed by atoms with Crippen LogP contribution in [0.15, 0.2) is 42.5 Å². The van der Waals surface area contributed by atoms with Crippen LogP contribution in [0.2, 0.25) is 0 Å². The molecule has 1 amide bonds. The summed E-state index contributed by atoms with van der Waals surface area (Å²) in [5, 5.41) is 13.7. The van der Waals surface area contributed by atoms with Crippen LogP contribution in [0.25, 0.3) is 0 Å². The number of benzene rings is 2. The van der Waals surface area contributed by atoms with Gasteiger partial charge in [-0.25, -0.2) is 8.42 Å². The lowest BCUT2D eigenvalue weighted by Crippen LogP contribution is -2.37. The molecule has 1 aliphatic carbocycles. The first-order valence-electron chi connectivity index (χ1n) is 9.93. The van der Waals surface area contributed by atoms with Gasteiger partial charge in [0.2, 0.25) is 15.9 Å². The molecule has 0 aliphatic heterocycles. The van der Waals surface area contributed by atoms with Crippen molar-refractivity contribution in [3.63, 3.8) is 0 Å². The molecule has 31 heavy (non-hydrogen) atoms. The second-order valence-corrected chi connectivity index (χ2v) is 9.50. The van der Waals surface area contributed by atoms with Gasteiger partial charge in [-0.05, 0) is 62.4 Å². The summed E-state index contributed by atoms with van der Waals surface area (Å²) in [6.07, 6.45) is 5.59. The molecule has 0 unspecified atom stereocenters. The quantitative estimate of drug-likeness (QED) is 0.488. The SMILES string of the molecule is Cc1ccc([N+](=O)[O-])cc1N(CC(=O)Nc1ccc(OC2CCCC2)cc1)S(C)(=O)=O. The predicted octanol–water partition coefficient (Wildman–Crippen LogP) is 3.63. The third-order valence-electron chi connectivity index (χ3n) is 5.10. The van der Waals surface area contributed by atoms with Gasteiger partial charge in [0.05, 0.1) is 23.0 Å². The molecule has 166 valence electrons. The smallest absolute Gasteiger partial charge is 0.271 e. The lowest BCUT2D eigenvalue weighted by atomic mass is 10.2. The summed E-state index contributed by atoms with van der Waals surface area (Å²) in [7, 11) is -3.86. The van der Waals surface area contributed by atoms with Crippen molar-refractivity contribution in [1.82, 2.24) is 0 Å². The minimum absolute atomic E-state index is 0.0900. The summed E-state index contributed by atoms with van der Waals surface area (Å²) < 4.78 is 31.4. The molecule has 0 atom stereocenters. The number of amides is 1. The second kappa shape index (κ2) is 9.34. The van der Waals surface area contributed by atoms with Gasteiger partial charge in [-0.1, -0.05) is 6.07 Å². The van der Waals surface area contributed by atoms with Crippen LogP contribution in [0.3, 0.4) is 0 Å². The third kappa shape index (κ3) is 5.94. The Morgan fingerprint density at radius 3 is 2.42 bits per heavy atom. The van der Waals surface area contributed by atoms with E-state index in [0.29, 0.717) is 11.3 Å². The van der Waals surface area contributed by atoms with Crippen molar-refractivity contribution in [2.24, 2.45) is 0 Å². The van der Waals surface area contributed by atoms with E-state index in [0.717, 1.165) is 35.2 Å². The third-order valence-corrected chi connectivity index (χ3v) is 6.23. The molecule has 2 aromatic carbocycles. The summed E-state index contributed by atoms with van der Waals surface area (Å²) in [5.41, 5.74) is 0.824.